The predicted molar refractivity (Wildman–Crippen MR) is 69.6 cm³/mol. The van der Waals surface area contributed by atoms with Gasteiger partial charge in [-0.1, -0.05) is 12.1 Å². The molecule has 1 aromatic carbocycles. The first-order valence-electron chi connectivity index (χ1n) is 5.54. The molecule has 4 heteroatoms. The van der Waals surface area contributed by atoms with Gasteiger partial charge in [-0.3, -0.25) is 9.48 Å². The third-order valence-electron chi connectivity index (χ3n) is 2.51. The smallest absolute Gasteiger partial charge is 0.185 e. The molecule has 0 fully saturated rings. The Kier molecular flexibility index (Phi) is 3.57. The number of ether oxygens (including phenoxy) is 1. The summed E-state index contributed by atoms with van der Waals surface area (Å²) in [4.78, 5) is 11.9. The van der Waals surface area contributed by atoms with Gasteiger partial charge in [0.25, 0.3) is 0 Å². The number of hydrogen-bond acceptors (Lipinski definition) is 3. The van der Waals surface area contributed by atoms with Crippen LogP contribution in [-0.2, 0) is 7.05 Å². The number of aryl methyl sites for hydroxylation is 1. The van der Waals surface area contributed by atoms with E-state index in [1.54, 1.807) is 42.3 Å². The van der Waals surface area contributed by atoms with E-state index in [2.05, 4.69) is 5.10 Å². The second-order valence-electron chi connectivity index (χ2n) is 3.88. The Morgan fingerprint density at radius 1 is 1.44 bits per heavy atom. The molecule has 0 aliphatic heterocycles. The summed E-state index contributed by atoms with van der Waals surface area (Å²) < 4.78 is 6.77. The van der Waals surface area contributed by atoms with Gasteiger partial charge >= 0.3 is 0 Å². The van der Waals surface area contributed by atoms with Gasteiger partial charge in [-0.15, -0.1) is 0 Å². The SMILES string of the molecule is COc1cccc(C(=O)C=Cc2cnn(C)c2)c1. The average molecular weight is 242 g/mol. The third-order valence-corrected chi connectivity index (χ3v) is 2.51. The first-order valence-corrected chi connectivity index (χ1v) is 5.54. The molecule has 0 saturated carbocycles. The van der Waals surface area contributed by atoms with Crippen LogP contribution in [0.3, 0.4) is 0 Å². The first-order chi connectivity index (χ1) is 8.69. The Bertz CT molecular complexity index is 585. The van der Waals surface area contributed by atoms with E-state index in [9.17, 15) is 4.79 Å². The van der Waals surface area contributed by atoms with Crippen molar-refractivity contribution < 1.29 is 9.53 Å². The van der Waals surface area contributed by atoms with E-state index in [-0.39, 0.29) is 5.78 Å². The summed E-state index contributed by atoms with van der Waals surface area (Å²) in [7, 11) is 3.41. The van der Waals surface area contributed by atoms with Crippen LogP contribution in [0.2, 0.25) is 0 Å². The molecule has 2 rings (SSSR count). The maximum absolute atomic E-state index is 11.9. The van der Waals surface area contributed by atoms with Gasteiger partial charge in [0, 0.05) is 24.4 Å². The molecule has 0 bridgehead atoms. The minimum atomic E-state index is -0.0576. The third kappa shape index (κ3) is 2.85. The summed E-state index contributed by atoms with van der Waals surface area (Å²) >= 11 is 0. The van der Waals surface area contributed by atoms with Crippen molar-refractivity contribution in [1.29, 1.82) is 0 Å². The second kappa shape index (κ2) is 5.31. The van der Waals surface area contributed by atoms with Crippen LogP contribution >= 0.6 is 0 Å². The second-order valence-corrected chi connectivity index (χ2v) is 3.88. The van der Waals surface area contributed by atoms with Crippen LogP contribution in [-0.4, -0.2) is 22.7 Å². The highest BCUT2D eigenvalue weighted by molar-refractivity contribution is 6.06. The fourth-order valence-corrected chi connectivity index (χ4v) is 1.57. The summed E-state index contributed by atoms with van der Waals surface area (Å²) in [6.07, 6.45) is 6.82. The van der Waals surface area contributed by atoms with E-state index in [4.69, 9.17) is 4.74 Å². The van der Waals surface area contributed by atoms with E-state index in [0.29, 0.717) is 11.3 Å². The predicted octanol–water partition coefficient (Wildman–Crippen LogP) is 2.32. The molecule has 4 nitrogen and oxygen atoms in total. The molecular formula is C14H14N2O2. The molecule has 1 aromatic heterocycles. The Morgan fingerprint density at radius 2 is 2.28 bits per heavy atom. The minimum absolute atomic E-state index is 0.0576. The highest BCUT2D eigenvalue weighted by atomic mass is 16.5. The van der Waals surface area contributed by atoms with Crippen molar-refractivity contribution in [3.8, 4) is 5.75 Å². The molecule has 0 amide bonds. The van der Waals surface area contributed by atoms with Crippen LogP contribution in [0.15, 0.2) is 42.7 Å². The van der Waals surface area contributed by atoms with Crippen molar-refractivity contribution in [3.05, 3.63) is 53.9 Å². The molecule has 1 heterocycles. The number of carbonyl (C=O) groups is 1. The van der Waals surface area contributed by atoms with Crippen molar-refractivity contribution in [3.63, 3.8) is 0 Å². The zero-order chi connectivity index (χ0) is 13.0. The molecule has 0 aliphatic rings. The summed E-state index contributed by atoms with van der Waals surface area (Å²) in [5.74, 6) is 0.619. The fraction of sp³-hybridized carbons (Fsp3) is 0.143. The number of allylic oxidation sites excluding steroid dienone is 1. The minimum Gasteiger partial charge on any atom is -0.497 e. The summed E-state index contributed by atoms with van der Waals surface area (Å²) in [6.45, 7) is 0. The molecule has 0 radical (unpaired) electrons. The van der Waals surface area contributed by atoms with Gasteiger partial charge in [-0.25, -0.2) is 0 Å². The zero-order valence-corrected chi connectivity index (χ0v) is 10.3. The normalized spacial score (nSPS) is 10.8. The summed E-state index contributed by atoms with van der Waals surface area (Å²) in [5.41, 5.74) is 1.50. The molecule has 0 saturated heterocycles. The summed E-state index contributed by atoms with van der Waals surface area (Å²) in [5, 5.41) is 4.03. The maximum Gasteiger partial charge on any atom is 0.185 e. The Morgan fingerprint density at radius 3 is 2.94 bits per heavy atom. The molecule has 0 unspecified atom stereocenters. The lowest BCUT2D eigenvalue weighted by atomic mass is 10.1. The fourth-order valence-electron chi connectivity index (χ4n) is 1.57. The van der Waals surface area contributed by atoms with Crippen molar-refractivity contribution in [2.24, 2.45) is 7.05 Å². The van der Waals surface area contributed by atoms with Gasteiger partial charge in [-0.05, 0) is 24.3 Å². The van der Waals surface area contributed by atoms with Gasteiger partial charge in [0.05, 0.1) is 13.3 Å². The van der Waals surface area contributed by atoms with Crippen LogP contribution in [0.5, 0.6) is 5.75 Å². The standard InChI is InChI=1S/C14H14N2O2/c1-16-10-11(9-15-16)6-7-14(17)12-4-3-5-13(8-12)18-2/h3-10H,1-2H3. The molecule has 0 N–H and O–H groups in total. The molecular weight excluding hydrogens is 228 g/mol. The van der Waals surface area contributed by atoms with Gasteiger partial charge in [0.2, 0.25) is 0 Å². The quantitative estimate of drug-likeness (QED) is 0.610. The first kappa shape index (κ1) is 12.1. The van der Waals surface area contributed by atoms with Crippen LogP contribution in [0.25, 0.3) is 6.08 Å². The number of benzene rings is 1. The number of rotatable bonds is 4. The van der Waals surface area contributed by atoms with E-state index in [1.807, 2.05) is 19.3 Å². The number of carbonyl (C=O) groups excluding carboxylic acids is 1. The summed E-state index contributed by atoms with van der Waals surface area (Å²) in [6, 6.07) is 7.08. The van der Waals surface area contributed by atoms with Crippen LogP contribution in [0, 0.1) is 0 Å². The van der Waals surface area contributed by atoms with Crippen molar-refractivity contribution >= 4 is 11.9 Å². The number of hydrogen-bond donors (Lipinski definition) is 0. The van der Waals surface area contributed by atoms with E-state index < -0.39 is 0 Å². The molecule has 92 valence electrons. The van der Waals surface area contributed by atoms with Gasteiger partial charge in [-0.2, -0.15) is 5.10 Å². The topological polar surface area (TPSA) is 44.1 Å². The van der Waals surface area contributed by atoms with Gasteiger partial charge < -0.3 is 4.74 Å². The highest BCUT2D eigenvalue weighted by Gasteiger charge is 2.03. The number of nitrogens with zero attached hydrogens (tertiary/aromatic N) is 2. The van der Waals surface area contributed by atoms with Gasteiger partial charge in [0.1, 0.15) is 5.75 Å². The zero-order valence-electron chi connectivity index (χ0n) is 10.3. The molecule has 18 heavy (non-hydrogen) atoms. The lowest BCUT2D eigenvalue weighted by molar-refractivity contribution is 0.104. The Labute approximate surface area is 106 Å². The van der Waals surface area contributed by atoms with E-state index >= 15 is 0 Å². The van der Waals surface area contributed by atoms with E-state index in [0.717, 1.165) is 5.56 Å². The maximum atomic E-state index is 11.9. The lowest BCUT2D eigenvalue weighted by Crippen LogP contribution is -1.94. The van der Waals surface area contributed by atoms with Gasteiger partial charge in [0.15, 0.2) is 5.78 Å². The Balaban J connectivity index is 2.14. The van der Waals surface area contributed by atoms with Crippen LogP contribution < -0.4 is 4.74 Å². The monoisotopic (exact) mass is 242 g/mol. The number of aromatic nitrogens is 2. The molecule has 0 atom stereocenters. The number of ketones is 1. The largest absolute Gasteiger partial charge is 0.497 e. The molecule has 0 spiro atoms. The highest BCUT2D eigenvalue weighted by Crippen LogP contribution is 2.13. The van der Waals surface area contributed by atoms with E-state index in [1.165, 1.54) is 6.08 Å². The number of methoxy groups -OCH3 is 1. The van der Waals surface area contributed by atoms with Crippen LogP contribution in [0.1, 0.15) is 15.9 Å². The molecule has 0 aliphatic carbocycles. The Hall–Kier alpha value is -2.36. The van der Waals surface area contributed by atoms with Crippen LogP contribution in [0.4, 0.5) is 0 Å². The molecule has 2 aromatic rings. The van der Waals surface area contributed by atoms with Crippen molar-refractivity contribution in [2.75, 3.05) is 7.11 Å². The van der Waals surface area contributed by atoms with Crippen molar-refractivity contribution in [1.82, 2.24) is 9.78 Å². The lowest BCUT2D eigenvalue weighted by Gasteiger charge is -2.00. The average Bonchev–Trinajstić information content (AvgIpc) is 2.82. The van der Waals surface area contributed by atoms with Crippen molar-refractivity contribution in [2.45, 2.75) is 0 Å².